The summed E-state index contributed by atoms with van der Waals surface area (Å²) in [4.78, 5) is -3.44. The number of hydrogen-bond acceptors (Lipinski definition) is 6. The topological polar surface area (TPSA) is 114 Å². The first-order chi connectivity index (χ1) is 10.1. The predicted octanol–water partition coefficient (Wildman–Crippen LogP) is 0.811. The van der Waals surface area contributed by atoms with Crippen molar-refractivity contribution in [1.29, 1.82) is 0 Å². The van der Waals surface area contributed by atoms with E-state index in [9.17, 15) is 47.2 Å². The first-order valence-electron chi connectivity index (χ1n) is 5.09. The molecule has 1 aromatic carbocycles. The van der Waals surface area contributed by atoms with Gasteiger partial charge in [-0.1, -0.05) is 16.3 Å². The molecule has 0 fully saturated rings. The van der Waals surface area contributed by atoms with E-state index in [-0.39, 0.29) is 6.07 Å². The highest BCUT2D eigenvalue weighted by molar-refractivity contribution is 8.05. The largest absolute Gasteiger partial charge is 0.501 e. The van der Waals surface area contributed by atoms with Crippen LogP contribution in [0.1, 0.15) is 0 Å². The van der Waals surface area contributed by atoms with Crippen LogP contribution in [0.25, 0.3) is 0 Å². The molecule has 1 N–H and O–H groups in total. The zero-order valence-corrected chi connectivity index (χ0v) is 12.9. The lowest BCUT2D eigenvalue weighted by atomic mass is 10.4. The van der Waals surface area contributed by atoms with Gasteiger partial charge in [0, 0.05) is 0 Å². The van der Waals surface area contributed by atoms with E-state index in [1.54, 1.807) is 0 Å². The van der Waals surface area contributed by atoms with Crippen LogP contribution in [0.2, 0.25) is 0 Å². The lowest BCUT2D eigenvalue weighted by Crippen LogP contribution is -2.36. The summed E-state index contributed by atoms with van der Waals surface area (Å²) in [6, 6.07) is 2.08. The van der Waals surface area contributed by atoms with Crippen molar-refractivity contribution >= 4 is 29.9 Å². The molecule has 0 saturated heterocycles. The molecule has 15 heteroatoms. The zero-order valence-electron chi connectivity index (χ0n) is 10.5. The highest BCUT2D eigenvalue weighted by Crippen LogP contribution is 2.33. The first kappa shape index (κ1) is 19.7. The molecule has 0 saturated carbocycles. The minimum absolute atomic E-state index is 0.242. The molecule has 0 atom stereocenters. The van der Waals surface area contributed by atoms with Gasteiger partial charge >= 0.3 is 11.3 Å². The van der Waals surface area contributed by atoms with Crippen molar-refractivity contribution < 1.29 is 47.2 Å². The van der Waals surface area contributed by atoms with Crippen LogP contribution in [0.3, 0.4) is 0 Å². The Morgan fingerprint density at radius 2 is 1.30 bits per heavy atom. The molecule has 7 nitrogen and oxygen atoms in total. The van der Waals surface area contributed by atoms with Gasteiger partial charge in [0.05, 0.1) is 4.90 Å². The maximum absolute atomic E-state index is 12.5. The second-order valence-corrected chi connectivity index (χ2v) is 9.26. The third kappa shape index (κ3) is 3.96. The van der Waals surface area contributed by atoms with E-state index < -0.39 is 50.9 Å². The number of rotatable bonds is 5. The first-order valence-corrected chi connectivity index (χ1v) is 9.60. The monoisotopic (exact) mass is 403 g/mol. The highest BCUT2D eigenvalue weighted by Gasteiger charge is 2.49. The zero-order chi connectivity index (χ0) is 18.3. The van der Waals surface area contributed by atoms with E-state index in [0.29, 0.717) is 10.2 Å². The Bertz CT molecular complexity index is 904. The van der Waals surface area contributed by atoms with Crippen molar-refractivity contribution in [2.24, 2.45) is 0 Å². The van der Waals surface area contributed by atoms with Crippen molar-refractivity contribution in [3.05, 3.63) is 24.3 Å². The van der Waals surface area contributed by atoms with Gasteiger partial charge in [-0.25, -0.2) is 25.3 Å². The molecule has 0 aliphatic rings. The van der Waals surface area contributed by atoms with Gasteiger partial charge in [0.1, 0.15) is 4.90 Å². The maximum atomic E-state index is 12.5. The molecule has 0 heterocycles. The summed E-state index contributed by atoms with van der Waals surface area (Å²) in [6.45, 7) is 0. The number of sulfonamides is 2. The van der Waals surface area contributed by atoms with Crippen LogP contribution in [0.5, 0.6) is 0 Å². The van der Waals surface area contributed by atoms with Crippen LogP contribution in [0.15, 0.2) is 34.1 Å². The van der Waals surface area contributed by atoms with E-state index in [2.05, 4.69) is 0 Å². The molecular formula is C8H6F5NO6S3. The molecule has 0 bridgehead atoms. The molecule has 132 valence electrons. The van der Waals surface area contributed by atoms with Gasteiger partial charge in [-0.2, -0.15) is 22.0 Å². The molecule has 0 amide bonds. The lowest BCUT2D eigenvalue weighted by Gasteiger charge is -2.13. The third-order valence-electron chi connectivity index (χ3n) is 2.19. The SMILES string of the molecule is O=S(=O)(NS(=O)(=O)C(F)F)c1ccccc1S(=O)(=O)C(F)(F)F. The van der Waals surface area contributed by atoms with E-state index in [1.807, 2.05) is 0 Å². The van der Waals surface area contributed by atoms with Crippen molar-refractivity contribution in [2.75, 3.05) is 0 Å². The molecular weight excluding hydrogens is 397 g/mol. The minimum atomic E-state index is -6.17. The highest BCUT2D eigenvalue weighted by atomic mass is 32.3. The van der Waals surface area contributed by atoms with Crippen LogP contribution in [0.4, 0.5) is 22.0 Å². The number of halogens is 5. The van der Waals surface area contributed by atoms with Gasteiger partial charge in [0.25, 0.3) is 29.9 Å². The lowest BCUT2D eigenvalue weighted by molar-refractivity contribution is -0.0437. The van der Waals surface area contributed by atoms with Crippen molar-refractivity contribution in [3.63, 3.8) is 0 Å². The summed E-state index contributed by atoms with van der Waals surface area (Å²) in [5.41, 5.74) is -5.89. The number of benzene rings is 1. The van der Waals surface area contributed by atoms with Gasteiger partial charge in [-0.15, -0.1) is 0 Å². The summed E-state index contributed by atoms with van der Waals surface area (Å²) < 4.78 is 130. The fourth-order valence-electron chi connectivity index (χ4n) is 1.25. The van der Waals surface area contributed by atoms with Crippen LogP contribution in [-0.4, -0.2) is 36.5 Å². The molecule has 0 aromatic heterocycles. The van der Waals surface area contributed by atoms with E-state index in [1.165, 1.54) is 0 Å². The van der Waals surface area contributed by atoms with Crippen molar-refractivity contribution in [2.45, 2.75) is 21.1 Å². The van der Waals surface area contributed by atoms with Gasteiger partial charge in [0.2, 0.25) is 0 Å². The number of nitrogens with one attached hydrogen (secondary N) is 1. The average molecular weight is 403 g/mol. The Labute approximate surface area is 127 Å². The summed E-state index contributed by atoms with van der Waals surface area (Å²) in [5, 5.41) is 0. The van der Waals surface area contributed by atoms with Gasteiger partial charge in [-0.05, 0) is 12.1 Å². The van der Waals surface area contributed by atoms with Crippen LogP contribution >= 0.6 is 0 Å². The average Bonchev–Trinajstić information content (AvgIpc) is 2.36. The second kappa shape index (κ2) is 5.95. The second-order valence-electron chi connectivity index (χ2n) is 3.79. The maximum Gasteiger partial charge on any atom is 0.501 e. The van der Waals surface area contributed by atoms with Crippen LogP contribution < -0.4 is 4.13 Å². The summed E-state index contributed by atoms with van der Waals surface area (Å²) in [5.74, 6) is -4.20. The Hall–Kier alpha value is -1.32. The third-order valence-corrected chi connectivity index (χ3v) is 7.08. The molecule has 1 aromatic rings. The minimum Gasteiger partial charge on any atom is -0.214 e. The summed E-state index contributed by atoms with van der Waals surface area (Å²) in [7, 11) is -17.5. The molecule has 0 unspecified atom stereocenters. The van der Waals surface area contributed by atoms with E-state index in [4.69, 9.17) is 0 Å². The number of alkyl halides is 5. The Balaban J connectivity index is 3.60. The number of hydrogen-bond donors (Lipinski definition) is 1. The van der Waals surface area contributed by atoms with Crippen LogP contribution in [-0.2, 0) is 29.9 Å². The smallest absolute Gasteiger partial charge is 0.214 e. The summed E-state index contributed by atoms with van der Waals surface area (Å²) in [6.07, 6.45) is 0. The molecule has 0 aliphatic heterocycles. The molecule has 1 rings (SSSR count). The van der Waals surface area contributed by atoms with Crippen molar-refractivity contribution in [1.82, 2.24) is 4.13 Å². The molecule has 0 spiro atoms. The predicted molar refractivity (Wildman–Crippen MR) is 64.9 cm³/mol. The fraction of sp³-hybridized carbons (Fsp3) is 0.250. The van der Waals surface area contributed by atoms with E-state index >= 15 is 0 Å². The Morgan fingerprint density at radius 3 is 1.70 bits per heavy atom. The quantitative estimate of drug-likeness (QED) is 0.728. The molecule has 0 aliphatic carbocycles. The van der Waals surface area contributed by atoms with Crippen molar-refractivity contribution in [3.8, 4) is 0 Å². The van der Waals surface area contributed by atoms with Gasteiger partial charge < -0.3 is 0 Å². The standard InChI is InChI=1S/C8H6F5NO6S3/c9-7(10)23(19,20)14-22(17,18)6-4-2-1-3-5(6)21(15,16)8(11,12)13/h1-4,7,14H. The number of sulfone groups is 1. The fourth-order valence-corrected chi connectivity index (χ4v) is 5.22. The molecule has 0 radical (unpaired) electrons. The summed E-state index contributed by atoms with van der Waals surface area (Å²) >= 11 is 0. The van der Waals surface area contributed by atoms with E-state index in [0.717, 1.165) is 12.1 Å². The van der Waals surface area contributed by atoms with Gasteiger partial charge in [-0.3, -0.25) is 0 Å². The molecule has 23 heavy (non-hydrogen) atoms. The normalized spacial score (nSPS) is 14.2. The van der Waals surface area contributed by atoms with Gasteiger partial charge in [0.15, 0.2) is 0 Å². The Kier molecular flexibility index (Phi) is 5.11. The van der Waals surface area contributed by atoms with Crippen LogP contribution in [0, 0.1) is 0 Å². The Morgan fingerprint density at radius 1 is 0.870 bits per heavy atom.